The highest BCUT2D eigenvalue weighted by atomic mass is 79.9. The number of hydrogen-bond donors (Lipinski definition) is 0. The van der Waals surface area contributed by atoms with Crippen molar-refractivity contribution in [1.82, 2.24) is 0 Å². The summed E-state index contributed by atoms with van der Waals surface area (Å²) in [6.07, 6.45) is 0. The van der Waals surface area contributed by atoms with Gasteiger partial charge in [-0.05, 0) is 0 Å². The molecule has 0 bridgehead atoms. The number of Topliss-reactive ketones (excluding diaryl/α,β-unsaturated/α-hetero) is 1. The summed E-state index contributed by atoms with van der Waals surface area (Å²) < 4.78 is 0. The van der Waals surface area contributed by atoms with Gasteiger partial charge in [-0.2, -0.15) is 0 Å². The average molecular weight is 236 g/mol. The van der Waals surface area contributed by atoms with Gasteiger partial charge in [0.15, 0.2) is 5.78 Å². The largest absolute Gasteiger partial charge is 0.293 e. The van der Waals surface area contributed by atoms with Gasteiger partial charge >= 0.3 is 0 Å². The van der Waals surface area contributed by atoms with Crippen LogP contribution in [0, 0.1) is 0 Å². The van der Waals surface area contributed by atoms with Crippen molar-refractivity contribution in [3.63, 3.8) is 0 Å². The van der Waals surface area contributed by atoms with Crippen LogP contribution >= 0.6 is 28.3 Å². The summed E-state index contributed by atoms with van der Waals surface area (Å²) in [5, 5.41) is 0.400. The zero-order chi connectivity index (χ0) is 7.40. The Hall–Kier alpha value is -0.340. The minimum absolute atomic E-state index is 0. The summed E-state index contributed by atoms with van der Waals surface area (Å²) in [4.78, 5) is 11.0. The van der Waals surface area contributed by atoms with Gasteiger partial charge in [0, 0.05) is 5.56 Å². The minimum atomic E-state index is 0. The van der Waals surface area contributed by atoms with E-state index in [1.165, 1.54) is 0 Å². The standard InChI is InChI=1S/C8H7BrO.ClH/c9-6-8(10)7-4-2-1-3-5-7;/h1-5H,6H2;1H. The van der Waals surface area contributed by atoms with Crippen LogP contribution in [0.2, 0.25) is 0 Å². The first-order valence-corrected chi connectivity index (χ1v) is 4.11. The van der Waals surface area contributed by atoms with E-state index in [2.05, 4.69) is 15.9 Å². The average Bonchev–Trinajstić information content (AvgIpc) is 2.05. The van der Waals surface area contributed by atoms with E-state index in [4.69, 9.17) is 0 Å². The molecule has 11 heavy (non-hydrogen) atoms. The second-order valence-corrected chi connectivity index (χ2v) is 2.48. The van der Waals surface area contributed by atoms with E-state index >= 15 is 0 Å². The second kappa shape index (κ2) is 5.33. The lowest BCUT2D eigenvalue weighted by Gasteiger charge is -1.92. The van der Waals surface area contributed by atoms with Gasteiger partial charge in [-0.3, -0.25) is 4.79 Å². The number of benzene rings is 1. The highest BCUT2D eigenvalue weighted by Crippen LogP contribution is 2.01. The summed E-state index contributed by atoms with van der Waals surface area (Å²) in [6, 6.07) is 9.23. The molecule has 0 radical (unpaired) electrons. The Morgan fingerprint density at radius 2 is 1.82 bits per heavy atom. The Morgan fingerprint density at radius 1 is 1.27 bits per heavy atom. The van der Waals surface area contributed by atoms with Crippen molar-refractivity contribution in [2.75, 3.05) is 5.33 Å². The van der Waals surface area contributed by atoms with Gasteiger partial charge in [-0.15, -0.1) is 12.4 Å². The molecule has 0 amide bonds. The van der Waals surface area contributed by atoms with Crippen molar-refractivity contribution in [2.45, 2.75) is 0 Å². The van der Waals surface area contributed by atoms with Gasteiger partial charge in [0.1, 0.15) is 0 Å². The van der Waals surface area contributed by atoms with Crippen LogP contribution in [0.4, 0.5) is 0 Å². The number of ketones is 1. The van der Waals surface area contributed by atoms with E-state index in [1.54, 1.807) is 0 Å². The summed E-state index contributed by atoms with van der Waals surface area (Å²) in [5.41, 5.74) is 0.763. The van der Waals surface area contributed by atoms with Gasteiger partial charge in [-0.1, -0.05) is 46.3 Å². The lowest BCUT2D eigenvalue weighted by atomic mass is 10.2. The Morgan fingerprint density at radius 3 is 2.27 bits per heavy atom. The fourth-order valence-corrected chi connectivity index (χ4v) is 1.02. The van der Waals surface area contributed by atoms with Crippen LogP contribution in [0.15, 0.2) is 30.3 Å². The molecule has 0 unspecified atom stereocenters. The smallest absolute Gasteiger partial charge is 0.173 e. The molecule has 0 atom stereocenters. The van der Waals surface area contributed by atoms with E-state index in [0.717, 1.165) is 5.56 Å². The molecule has 0 saturated heterocycles. The van der Waals surface area contributed by atoms with Crippen LogP contribution in [-0.2, 0) is 0 Å². The van der Waals surface area contributed by atoms with Crippen molar-refractivity contribution in [2.24, 2.45) is 0 Å². The number of carbonyl (C=O) groups is 1. The zero-order valence-electron chi connectivity index (χ0n) is 5.79. The molecule has 60 valence electrons. The topological polar surface area (TPSA) is 17.1 Å². The number of halogens is 2. The van der Waals surface area contributed by atoms with Gasteiger partial charge in [-0.25, -0.2) is 0 Å². The van der Waals surface area contributed by atoms with Crippen LogP contribution < -0.4 is 0 Å². The molecule has 0 N–H and O–H groups in total. The first-order valence-electron chi connectivity index (χ1n) is 2.99. The lowest BCUT2D eigenvalue weighted by Crippen LogP contribution is -1.98. The van der Waals surface area contributed by atoms with Crippen molar-refractivity contribution >= 4 is 34.1 Å². The molecule has 0 aliphatic rings. The van der Waals surface area contributed by atoms with E-state index in [-0.39, 0.29) is 18.2 Å². The molecule has 0 aliphatic carbocycles. The molecule has 0 spiro atoms. The molecule has 1 aromatic carbocycles. The molecule has 0 saturated carbocycles. The predicted molar refractivity (Wildman–Crippen MR) is 51.8 cm³/mol. The Kier molecular flexibility index (Phi) is 5.16. The number of alkyl halides is 1. The van der Waals surface area contributed by atoms with E-state index < -0.39 is 0 Å². The molecular formula is C8H8BrClO. The molecule has 1 nitrogen and oxygen atoms in total. The van der Waals surface area contributed by atoms with E-state index in [9.17, 15) is 4.79 Å². The van der Waals surface area contributed by atoms with Gasteiger partial charge < -0.3 is 0 Å². The number of rotatable bonds is 2. The highest BCUT2D eigenvalue weighted by Gasteiger charge is 1.99. The van der Waals surface area contributed by atoms with Gasteiger partial charge in [0.25, 0.3) is 0 Å². The van der Waals surface area contributed by atoms with Crippen LogP contribution in [0.1, 0.15) is 10.4 Å². The van der Waals surface area contributed by atoms with Crippen LogP contribution in [-0.4, -0.2) is 11.1 Å². The molecule has 3 heteroatoms. The maximum Gasteiger partial charge on any atom is 0.173 e. The summed E-state index contributed by atoms with van der Waals surface area (Å²) in [5.74, 6) is 0.126. The Balaban J connectivity index is 0.000001000. The first kappa shape index (κ1) is 10.7. The third kappa shape index (κ3) is 3.04. The second-order valence-electron chi connectivity index (χ2n) is 1.92. The monoisotopic (exact) mass is 234 g/mol. The SMILES string of the molecule is Cl.O=C(CBr)c1ccccc1. The molecular weight excluding hydrogens is 227 g/mol. The zero-order valence-corrected chi connectivity index (χ0v) is 8.19. The fourth-order valence-electron chi connectivity index (χ4n) is 0.701. The fraction of sp³-hybridized carbons (Fsp3) is 0.125. The number of carbonyl (C=O) groups excluding carboxylic acids is 1. The van der Waals surface area contributed by atoms with Crippen molar-refractivity contribution < 1.29 is 4.79 Å². The van der Waals surface area contributed by atoms with Crippen molar-refractivity contribution in [3.8, 4) is 0 Å². The summed E-state index contributed by atoms with van der Waals surface area (Å²) >= 11 is 3.10. The molecule has 0 aromatic heterocycles. The quantitative estimate of drug-likeness (QED) is 0.569. The van der Waals surface area contributed by atoms with E-state index in [0.29, 0.717) is 5.33 Å². The van der Waals surface area contributed by atoms with Gasteiger partial charge in [0.05, 0.1) is 5.33 Å². The van der Waals surface area contributed by atoms with Crippen molar-refractivity contribution in [3.05, 3.63) is 35.9 Å². The summed E-state index contributed by atoms with van der Waals surface area (Å²) in [7, 11) is 0. The lowest BCUT2D eigenvalue weighted by molar-refractivity contribution is 0.102. The van der Waals surface area contributed by atoms with Crippen LogP contribution in [0.3, 0.4) is 0 Å². The molecule has 0 aliphatic heterocycles. The van der Waals surface area contributed by atoms with Gasteiger partial charge in [0.2, 0.25) is 0 Å². The third-order valence-electron chi connectivity index (χ3n) is 1.22. The number of hydrogen-bond acceptors (Lipinski definition) is 1. The Labute approximate surface area is 80.3 Å². The van der Waals surface area contributed by atoms with Crippen LogP contribution in [0.25, 0.3) is 0 Å². The third-order valence-corrected chi connectivity index (χ3v) is 1.73. The first-order chi connectivity index (χ1) is 4.84. The maximum absolute atomic E-state index is 11.0. The highest BCUT2D eigenvalue weighted by molar-refractivity contribution is 9.09. The molecule has 1 aromatic rings. The molecule has 1 rings (SSSR count). The van der Waals surface area contributed by atoms with Crippen LogP contribution in [0.5, 0.6) is 0 Å². The summed E-state index contributed by atoms with van der Waals surface area (Å²) in [6.45, 7) is 0. The normalized spacial score (nSPS) is 8.45. The maximum atomic E-state index is 11.0. The van der Waals surface area contributed by atoms with E-state index in [1.807, 2.05) is 30.3 Å². The molecule has 0 heterocycles. The Bertz CT molecular complexity index is 223. The van der Waals surface area contributed by atoms with Crippen molar-refractivity contribution in [1.29, 1.82) is 0 Å². The molecule has 0 fully saturated rings. The minimum Gasteiger partial charge on any atom is -0.293 e. The predicted octanol–water partition coefficient (Wildman–Crippen LogP) is 2.69.